The van der Waals surface area contributed by atoms with Crippen LogP contribution in [0, 0.1) is 0 Å². The molecule has 0 aromatic heterocycles. The molecule has 0 aliphatic carbocycles. The summed E-state index contributed by atoms with van der Waals surface area (Å²) < 4.78 is 0. The summed E-state index contributed by atoms with van der Waals surface area (Å²) in [6.45, 7) is 5.91. The van der Waals surface area contributed by atoms with Gasteiger partial charge in [-0.1, -0.05) is 31.9 Å². The average Bonchev–Trinajstić information content (AvgIpc) is 1.84. The lowest BCUT2D eigenvalue weighted by Gasteiger charge is -2.17. The van der Waals surface area contributed by atoms with Crippen LogP contribution in [0.3, 0.4) is 0 Å². The van der Waals surface area contributed by atoms with Gasteiger partial charge in [-0.15, -0.1) is 0 Å². The third kappa shape index (κ3) is 4.57. The smallest absolute Gasteiger partial charge is 0.0799 e. The van der Waals surface area contributed by atoms with Gasteiger partial charge in [-0.2, -0.15) is 0 Å². The van der Waals surface area contributed by atoms with Crippen LogP contribution in [0.2, 0.25) is 0 Å². The maximum absolute atomic E-state index is 9.56. The Bertz CT molecular complexity index is 103. The predicted octanol–water partition coefficient (Wildman–Crippen LogP) is 2.50. The van der Waals surface area contributed by atoms with E-state index in [0.29, 0.717) is 0 Å². The molecule has 0 rings (SSSR count). The Hall–Kier alpha value is -0.300. The first-order valence-corrected chi connectivity index (χ1v) is 3.98. The van der Waals surface area contributed by atoms with Gasteiger partial charge in [-0.3, -0.25) is 0 Å². The molecule has 0 aliphatic rings. The zero-order valence-corrected chi connectivity index (χ0v) is 7.22. The molecule has 0 aliphatic heterocycles. The summed E-state index contributed by atoms with van der Waals surface area (Å²) in [7, 11) is 0. The van der Waals surface area contributed by atoms with Crippen LogP contribution >= 0.6 is 0 Å². The molecule has 0 saturated heterocycles. The Balaban J connectivity index is 3.63. The van der Waals surface area contributed by atoms with E-state index < -0.39 is 5.60 Å². The van der Waals surface area contributed by atoms with Crippen molar-refractivity contribution in [2.24, 2.45) is 0 Å². The van der Waals surface area contributed by atoms with Crippen LogP contribution in [0.4, 0.5) is 0 Å². The van der Waals surface area contributed by atoms with Crippen LogP contribution in [0.25, 0.3) is 0 Å². The van der Waals surface area contributed by atoms with Crippen LogP contribution in [-0.2, 0) is 0 Å². The molecule has 1 N–H and O–H groups in total. The fourth-order valence-corrected chi connectivity index (χ4v) is 0.977. The van der Waals surface area contributed by atoms with Gasteiger partial charge in [0.05, 0.1) is 5.60 Å². The quantitative estimate of drug-likeness (QED) is 0.598. The Morgan fingerprint density at radius 1 is 1.50 bits per heavy atom. The molecule has 0 bridgehead atoms. The minimum absolute atomic E-state index is 0.579. The predicted molar refractivity (Wildman–Crippen MR) is 45.0 cm³/mol. The van der Waals surface area contributed by atoms with Crippen molar-refractivity contribution in [3.8, 4) is 0 Å². The van der Waals surface area contributed by atoms with Crippen molar-refractivity contribution in [3.05, 3.63) is 12.2 Å². The van der Waals surface area contributed by atoms with Gasteiger partial charge >= 0.3 is 0 Å². The standard InChI is InChI=1S/C9H18O/c1-4-6-8-9(3,10)7-5-2/h5,7,10H,4,6,8H2,1-3H3/b7-5+. The summed E-state index contributed by atoms with van der Waals surface area (Å²) in [5, 5.41) is 9.56. The van der Waals surface area contributed by atoms with E-state index in [-0.39, 0.29) is 0 Å². The normalized spacial score (nSPS) is 17.6. The highest BCUT2D eigenvalue weighted by molar-refractivity contribution is 4.95. The first-order valence-electron chi connectivity index (χ1n) is 3.98. The van der Waals surface area contributed by atoms with Crippen molar-refractivity contribution in [1.82, 2.24) is 0 Å². The molecule has 1 unspecified atom stereocenters. The van der Waals surface area contributed by atoms with Crippen molar-refractivity contribution < 1.29 is 5.11 Å². The summed E-state index contributed by atoms with van der Waals surface area (Å²) in [5.41, 5.74) is -0.579. The van der Waals surface area contributed by atoms with Gasteiger partial charge < -0.3 is 5.11 Å². The maximum atomic E-state index is 9.56. The van der Waals surface area contributed by atoms with Gasteiger partial charge in [0.25, 0.3) is 0 Å². The highest BCUT2D eigenvalue weighted by Gasteiger charge is 2.13. The Morgan fingerprint density at radius 3 is 2.50 bits per heavy atom. The molecule has 1 nitrogen and oxygen atoms in total. The second kappa shape index (κ2) is 4.51. The lowest BCUT2D eigenvalue weighted by atomic mass is 9.99. The van der Waals surface area contributed by atoms with E-state index in [1.165, 1.54) is 0 Å². The minimum Gasteiger partial charge on any atom is -0.386 e. The van der Waals surface area contributed by atoms with Crippen molar-refractivity contribution in [2.75, 3.05) is 0 Å². The maximum Gasteiger partial charge on any atom is 0.0799 e. The highest BCUT2D eigenvalue weighted by Crippen LogP contribution is 2.14. The SMILES string of the molecule is C/C=C/C(C)(O)CCCC. The Labute approximate surface area is 63.8 Å². The first-order chi connectivity index (χ1) is 4.62. The van der Waals surface area contributed by atoms with Crippen LogP contribution < -0.4 is 0 Å². The zero-order chi connectivity index (χ0) is 8.04. The zero-order valence-electron chi connectivity index (χ0n) is 7.22. The van der Waals surface area contributed by atoms with Gasteiger partial charge in [0.1, 0.15) is 0 Å². The van der Waals surface area contributed by atoms with Gasteiger partial charge in [0.2, 0.25) is 0 Å². The number of hydrogen-bond donors (Lipinski definition) is 1. The van der Waals surface area contributed by atoms with Gasteiger partial charge in [-0.05, 0) is 20.3 Å². The molecular weight excluding hydrogens is 124 g/mol. The van der Waals surface area contributed by atoms with Gasteiger partial charge in [-0.25, -0.2) is 0 Å². The molecule has 0 saturated carbocycles. The number of allylic oxidation sites excluding steroid dienone is 1. The summed E-state index contributed by atoms with van der Waals surface area (Å²) >= 11 is 0. The van der Waals surface area contributed by atoms with Crippen molar-refractivity contribution in [2.45, 2.75) is 45.6 Å². The summed E-state index contributed by atoms with van der Waals surface area (Å²) in [4.78, 5) is 0. The van der Waals surface area contributed by atoms with Crippen molar-refractivity contribution in [3.63, 3.8) is 0 Å². The second-order valence-corrected chi connectivity index (χ2v) is 2.96. The van der Waals surface area contributed by atoms with Crippen LogP contribution in [-0.4, -0.2) is 10.7 Å². The number of hydrogen-bond acceptors (Lipinski definition) is 1. The molecule has 0 heterocycles. The molecule has 0 fully saturated rings. The third-order valence-electron chi connectivity index (χ3n) is 1.56. The third-order valence-corrected chi connectivity index (χ3v) is 1.56. The summed E-state index contributed by atoms with van der Waals surface area (Å²) in [6, 6.07) is 0. The molecule has 0 aromatic rings. The van der Waals surface area contributed by atoms with Crippen LogP contribution in [0.5, 0.6) is 0 Å². The fraction of sp³-hybridized carbons (Fsp3) is 0.778. The Kier molecular flexibility index (Phi) is 4.37. The molecule has 0 aromatic carbocycles. The van der Waals surface area contributed by atoms with E-state index in [9.17, 15) is 5.11 Å². The molecule has 1 heteroatoms. The highest BCUT2D eigenvalue weighted by atomic mass is 16.3. The molecule has 0 spiro atoms. The van der Waals surface area contributed by atoms with Gasteiger partial charge in [0, 0.05) is 0 Å². The number of aliphatic hydroxyl groups is 1. The second-order valence-electron chi connectivity index (χ2n) is 2.96. The molecular formula is C9H18O. The lowest BCUT2D eigenvalue weighted by molar-refractivity contribution is 0.0990. The fourth-order valence-electron chi connectivity index (χ4n) is 0.977. The molecule has 60 valence electrons. The topological polar surface area (TPSA) is 20.2 Å². The van der Waals surface area contributed by atoms with E-state index >= 15 is 0 Å². The van der Waals surface area contributed by atoms with Crippen LogP contribution in [0.1, 0.15) is 40.0 Å². The van der Waals surface area contributed by atoms with Crippen molar-refractivity contribution in [1.29, 1.82) is 0 Å². The monoisotopic (exact) mass is 142 g/mol. The van der Waals surface area contributed by atoms with Gasteiger partial charge in [0.15, 0.2) is 0 Å². The average molecular weight is 142 g/mol. The minimum atomic E-state index is -0.579. The van der Waals surface area contributed by atoms with E-state index in [4.69, 9.17) is 0 Å². The van der Waals surface area contributed by atoms with E-state index in [1.807, 2.05) is 26.0 Å². The largest absolute Gasteiger partial charge is 0.386 e. The lowest BCUT2D eigenvalue weighted by Crippen LogP contribution is -2.19. The Morgan fingerprint density at radius 2 is 2.10 bits per heavy atom. The van der Waals surface area contributed by atoms with Crippen LogP contribution in [0.15, 0.2) is 12.2 Å². The van der Waals surface area contributed by atoms with E-state index in [0.717, 1.165) is 19.3 Å². The number of unbranched alkanes of at least 4 members (excludes halogenated alkanes) is 1. The van der Waals surface area contributed by atoms with E-state index in [1.54, 1.807) is 0 Å². The molecule has 1 atom stereocenters. The number of rotatable bonds is 4. The molecule has 10 heavy (non-hydrogen) atoms. The molecule has 0 radical (unpaired) electrons. The first kappa shape index (κ1) is 9.70. The van der Waals surface area contributed by atoms with Crippen molar-refractivity contribution >= 4 is 0 Å². The summed E-state index contributed by atoms with van der Waals surface area (Å²) in [5.74, 6) is 0. The summed E-state index contributed by atoms with van der Waals surface area (Å²) in [6.07, 6.45) is 6.86. The van der Waals surface area contributed by atoms with E-state index in [2.05, 4.69) is 6.92 Å². The molecule has 0 amide bonds.